The van der Waals surface area contributed by atoms with Gasteiger partial charge in [-0.05, 0) is 81.1 Å². The largest absolute Gasteiger partial charge is 0.458 e. The number of halogens is 2. The van der Waals surface area contributed by atoms with Crippen LogP contribution in [0.1, 0.15) is 56.9 Å². The summed E-state index contributed by atoms with van der Waals surface area (Å²) in [5.41, 5.74) is 6.02. The lowest BCUT2D eigenvalue weighted by Gasteiger charge is -2.12. The summed E-state index contributed by atoms with van der Waals surface area (Å²) < 4.78 is 33.9. The molecule has 1 unspecified atom stereocenters. The van der Waals surface area contributed by atoms with Gasteiger partial charge in [0.1, 0.15) is 11.9 Å². The second kappa shape index (κ2) is 16.9. The molecular formula is C35H42F2O3. The molecule has 3 aromatic rings. The van der Waals surface area contributed by atoms with Crippen LogP contribution in [0.15, 0.2) is 97.1 Å². The van der Waals surface area contributed by atoms with Gasteiger partial charge in [-0.3, -0.25) is 4.79 Å². The van der Waals surface area contributed by atoms with Gasteiger partial charge in [0.25, 0.3) is 0 Å². The summed E-state index contributed by atoms with van der Waals surface area (Å²) in [7, 11) is 0. The van der Waals surface area contributed by atoms with Gasteiger partial charge in [-0.2, -0.15) is 8.78 Å². The van der Waals surface area contributed by atoms with E-state index in [2.05, 4.69) is 74.6 Å². The van der Waals surface area contributed by atoms with Crippen LogP contribution in [0, 0.1) is 20.8 Å². The third-order valence-electron chi connectivity index (χ3n) is 5.68. The highest BCUT2D eigenvalue weighted by Crippen LogP contribution is 2.24. The lowest BCUT2D eigenvalue weighted by Crippen LogP contribution is -2.18. The molecule has 0 bridgehead atoms. The summed E-state index contributed by atoms with van der Waals surface area (Å²) in [5, 5.41) is 2.67. The number of alkyl halides is 2. The molecule has 5 heteroatoms. The molecule has 3 nitrogen and oxygen atoms in total. The van der Waals surface area contributed by atoms with Crippen LogP contribution in [0.5, 0.6) is 5.75 Å². The van der Waals surface area contributed by atoms with Crippen LogP contribution in [-0.4, -0.2) is 18.2 Å². The molecule has 3 rings (SSSR count). The predicted octanol–water partition coefficient (Wildman–Crippen LogP) is 10.1. The minimum Gasteiger partial charge on any atom is -0.458 e. The number of fused-ring (bicyclic) bond motifs is 1. The van der Waals surface area contributed by atoms with Crippen molar-refractivity contribution in [2.24, 2.45) is 0 Å². The van der Waals surface area contributed by atoms with E-state index in [-0.39, 0.29) is 17.8 Å². The molecule has 0 saturated carbocycles. The molecule has 0 aromatic heterocycles. The van der Waals surface area contributed by atoms with Crippen molar-refractivity contribution in [2.45, 2.75) is 67.6 Å². The standard InChI is InChI=1S/C15H16.C11H16O2.C9H10F2O/c1-4-5-14-12(3)7-8-13-10-11(2)6-9-15(13)14;1-5-6-7-8-9(2)10(3)13-11(4)12;1-7-3-5-8(6-4-7)12-9(2,10)11/h4-10H,1-3H3;5-8,10H,1H2,2-4H3;3-6H,1-2H3/b5-4-;7-6-,9-8+;. The molecule has 0 aliphatic rings. The minimum absolute atomic E-state index is 0.160. The number of hydrogen-bond donors (Lipinski definition) is 0. The Morgan fingerprint density at radius 2 is 1.57 bits per heavy atom. The molecular weight excluding hydrogens is 506 g/mol. The first-order chi connectivity index (χ1) is 18.8. The Morgan fingerprint density at radius 3 is 2.12 bits per heavy atom. The zero-order chi connectivity index (χ0) is 30.3. The number of rotatable bonds is 7. The SMILES string of the molecule is C/C=C\c1c(C)ccc2cc(C)ccc12.C=C/C=C\C=C(/C)C(C)OC(C)=O.Cc1ccc(OC(C)(F)F)cc1. The second-order valence-corrected chi connectivity index (χ2v) is 9.53. The first-order valence-corrected chi connectivity index (χ1v) is 13.2. The van der Waals surface area contributed by atoms with Crippen LogP contribution in [0.25, 0.3) is 16.8 Å². The van der Waals surface area contributed by atoms with E-state index in [9.17, 15) is 13.6 Å². The maximum Gasteiger partial charge on any atom is 0.394 e. The van der Waals surface area contributed by atoms with Gasteiger partial charge in [-0.15, -0.1) is 0 Å². The van der Waals surface area contributed by atoms with E-state index in [4.69, 9.17) is 4.74 Å². The van der Waals surface area contributed by atoms with Gasteiger partial charge >= 0.3 is 12.1 Å². The minimum atomic E-state index is -3.10. The number of aryl methyl sites for hydroxylation is 3. The Labute approximate surface area is 238 Å². The van der Waals surface area contributed by atoms with Gasteiger partial charge < -0.3 is 9.47 Å². The summed E-state index contributed by atoms with van der Waals surface area (Å²) in [6, 6.07) is 17.5. The zero-order valence-electron chi connectivity index (χ0n) is 24.9. The maximum atomic E-state index is 12.3. The fourth-order valence-electron chi connectivity index (χ4n) is 3.55. The van der Waals surface area contributed by atoms with Gasteiger partial charge in [-0.1, -0.05) is 96.6 Å². The van der Waals surface area contributed by atoms with E-state index in [0.717, 1.165) is 11.1 Å². The lowest BCUT2D eigenvalue weighted by molar-refractivity contribution is -0.159. The van der Waals surface area contributed by atoms with Crippen molar-refractivity contribution in [3.63, 3.8) is 0 Å². The van der Waals surface area contributed by atoms with E-state index in [0.29, 0.717) is 6.92 Å². The van der Waals surface area contributed by atoms with E-state index in [1.807, 2.05) is 39.0 Å². The Balaban J connectivity index is 0.000000303. The van der Waals surface area contributed by atoms with E-state index >= 15 is 0 Å². The normalized spacial score (nSPS) is 12.3. The number of carbonyl (C=O) groups excluding carboxylic acids is 1. The first kappa shape index (κ1) is 34.0. The Morgan fingerprint density at radius 1 is 0.950 bits per heavy atom. The van der Waals surface area contributed by atoms with Gasteiger partial charge in [-0.25, -0.2) is 0 Å². The van der Waals surface area contributed by atoms with Crippen LogP contribution in [0.4, 0.5) is 8.78 Å². The van der Waals surface area contributed by atoms with E-state index in [1.165, 1.54) is 46.5 Å². The molecule has 1 atom stereocenters. The number of hydrogen-bond acceptors (Lipinski definition) is 3. The van der Waals surface area contributed by atoms with Gasteiger partial charge in [0.2, 0.25) is 0 Å². The third-order valence-corrected chi connectivity index (χ3v) is 5.68. The fraction of sp³-hybridized carbons (Fsp3) is 0.286. The zero-order valence-corrected chi connectivity index (χ0v) is 24.9. The quantitative estimate of drug-likeness (QED) is 0.218. The molecule has 0 aliphatic carbocycles. The molecule has 214 valence electrons. The molecule has 0 heterocycles. The maximum absolute atomic E-state index is 12.3. The van der Waals surface area contributed by atoms with Crippen LogP contribution < -0.4 is 4.74 Å². The van der Waals surface area contributed by atoms with Crippen molar-refractivity contribution in [3.8, 4) is 5.75 Å². The second-order valence-electron chi connectivity index (χ2n) is 9.53. The smallest absolute Gasteiger partial charge is 0.394 e. The molecule has 3 aromatic carbocycles. The summed E-state index contributed by atoms with van der Waals surface area (Å²) in [6.07, 6.45) is 8.30. The van der Waals surface area contributed by atoms with Crippen molar-refractivity contribution in [3.05, 3.63) is 119 Å². The molecule has 0 saturated heterocycles. The summed E-state index contributed by atoms with van der Waals surface area (Å²) in [5.74, 6) is -0.0685. The monoisotopic (exact) mass is 548 g/mol. The van der Waals surface area contributed by atoms with Crippen molar-refractivity contribution in [1.29, 1.82) is 0 Å². The van der Waals surface area contributed by atoms with Crippen LogP contribution >= 0.6 is 0 Å². The van der Waals surface area contributed by atoms with Gasteiger partial charge in [0.05, 0.1) is 0 Å². The summed E-state index contributed by atoms with van der Waals surface area (Å²) in [6.45, 7) is 17.7. The summed E-state index contributed by atoms with van der Waals surface area (Å²) >= 11 is 0. The van der Waals surface area contributed by atoms with E-state index < -0.39 is 6.11 Å². The van der Waals surface area contributed by atoms with Crippen molar-refractivity contribution >= 4 is 22.8 Å². The van der Waals surface area contributed by atoms with Crippen molar-refractivity contribution < 1.29 is 23.0 Å². The molecule has 40 heavy (non-hydrogen) atoms. The van der Waals surface area contributed by atoms with Crippen molar-refractivity contribution in [1.82, 2.24) is 0 Å². The first-order valence-electron chi connectivity index (χ1n) is 13.2. The average molecular weight is 549 g/mol. The van der Waals surface area contributed by atoms with Crippen molar-refractivity contribution in [2.75, 3.05) is 0 Å². The fourth-order valence-corrected chi connectivity index (χ4v) is 3.55. The molecule has 0 radical (unpaired) electrons. The number of allylic oxidation sites excluding steroid dienone is 5. The highest BCUT2D eigenvalue weighted by molar-refractivity contribution is 5.92. The highest BCUT2D eigenvalue weighted by Gasteiger charge is 2.22. The number of benzene rings is 3. The number of ether oxygens (including phenoxy) is 2. The topological polar surface area (TPSA) is 35.5 Å². The van der Waals surface area contributed by atoms with Crippen LogP contribution in [0.2, 0.25) is 0 Å². The Kier molecular flexibility index (Phi) is 14.3. The predicted molar refractivity (Wildman–Crippen MR) is 165 cm³/mol. The van der Waals surface area contributed by atoms with Gasteiger partial charge in [0, 0.05) is 13.8 Å². The molecule has 0 spiro atoms. The molecule has 0 amide bonds. The third kappa shape index (κ3) is 13.2. The number of esters is 1. The highest BCUT2D eigenvalue weighted by atomic mass is 19.3. The van der Waals surface area contributed by atoms with Crippen LogP contribution in [-0.2, 0) is 9.53 Å². The molecule has 0 fully saturated rings. The summed E-state index contributed by atoms with van der Waals surface area (Å²) in [4.78, 5) is 10.6. The molecule has 0 aliphatic heterocycles. The Bertz CT molecular complexity index is 1330. The van der Waals surface area contributed by atoms with Gasteiger partial charge in [0.15, 0.2) is 0 Å². The lowest BCUT2D eigenvalue weighted by atomic mass is 9.98. The van der Waals surface area contributed by atoms with E-state index in [1.54, 1.807) is 18.2 Å². The molecule has 0 N–H and O–H groups in total. The average Bonchev–Trinajstić information content (AvgIpc) is 2.87. The number of carbonyl (C=O) groups is 1. The van der Waals surface area contributed by atoms with Crippen LogP contribution in [0.3, 0.4) is 0 Å². The Hall–Kier alpha value is -3.99.